The van der Waals surface area contributed by atoms with Gasteiger partial charge in [-0.1, -0.05) is 19.9 Å². The molecule has 0 bridgehead atoms. The number of methoxy groups -OCH3 is 3. The summed E-state index contributed by atoms with van der Waals surface area (Å²) in [5.74, 6) is 0.915. The quantitative estimate of drug-likeness (QED) is 0.456. The summed E-state index contributed by atoms with van der Waals surface area (Å²) in [4.78, 5) is 15.3. The first kappa shape index (κ1) is 26.4. The molecule has 0 N–H and O–H groups in total. The van der Waals surface area contributed by atoms with Crippen molar-refractivity contribution in [1.82, 2.24) is 9.21 Å². The number of rotatable bonds is 8. The van der Waals surface area contributed by atoms with Crippen LogP contribution in [0.4, 0.5) is 0 Å². The Morgan fingerprint density at radius 3 is 2.34 bits per heavy atom. The van der Waals surface area contributed by atoms with E-state index in [-0.39, 0.29) is 28.8 Å². The van der Waals surface area contributed by atoms with Gasteiger partial charge >= 0.3 is 5.97 Å². The van der Waals surface area contributed by atoms with Gasteiger partial charge in [0.1, 0.15) is 16.6 Å². The van der Waals surface area contributed by atoms with Crippen LogP contribution in [-0.4, -0.2) is 78.4 Å². The second-order valence-electron chi connectivity index (χ2n) is 9.18. The maximum atomic E-state index is 14.0. The van der Waals surface area contributed by atoms with Gasteiger partial charge in [-0.05, 0) is 25.1 Å². The first-order valence-corrected chi connectivity index (χ1v) is 13.9. The Labute approximate surface area is 222 Å². The largest absolute Gasteiger partial charge is 0.493 e. The normalized spacial score (nSPS) is 20.2. The van der Waals surface area contributed by atoms with E-state index in [2.05, 4.69) is 0 Å². The Morgan fingerprint density at radius 1 is 1.03 bits per heavy atom. The molecule has 3 heterocycles. The minimum absolute atomic E-state index is 0.0828. The summed E-state index contributed by atoms with van der Waals surface area (Å²) >= 11 is 0. The highest BCUT2D eigenvalue weighted by Crippen LogP contribution is 2.58. The van der Waals surface area contributed by atoms with Gasteiger partial charge in [0, 0.05) is 30.8 Å². The van der Waals surface area contributed by atoms with E-state index in [1.54, 1.807) is 26.0 Å². The van der Waals surface area contributed by atoms with Crippen molar-refractivity contribution in [3.63, 3.8) is 0 Å². The molecule has 5 rings (SSSR count). The maximum Gasteiger partial charge on any atom is 0.343 e. The number of nitrogens with zero attached hydrogens (tertiary/aromatic N) is 2. The number of fused-ring (bicyclic) bond motifs is 3. The minimum Gasteiger partial charge on any atom is -0.493 e. The zero-order valence-corrected chi connectivity index (χ0v) is 23.1. The molecule has 0 fully saturated rings. The summed E-state index contributed by atoms with van der Waals surface area (Å²) < 4.78 is 63.6. The Morgan fingerprint density at radius 2 is 1.71 bits per heavy atom. The summed E-state index contributed by atoms with van der Waals surface area (Å²) in [6.07, 6.45) is -0.343. The molecule has 11 nitrogen and oxygen atoms in total. The molecule has 0 radical (unpaired) electrons. The Balaban J connectivity index is 1.78. The summed E-state index contributed by atoms with van der Waals surface area (Å²) in [6, 6.07) is 2.93. The number of esters is 1. The molecule has 2 atom stereocenters. The van der Waals surface area contributed by atoms with Crippen LogP contribution in [0.3, 0.4) is 0 Å². The summed E-state index contributed by atoms with van der Waals surface area (Å²) in [6.45, 7) is 4.57. The lowest BCUT2D eigenvalue weighted by molar-refractivity contribution is 0.00854. The van der Waals surface area contributed by atoms with Crippen LogP contribution in [0.1, 0.15) is 53.0 Å². The molecule has 3 aliphatic rings. The number of hydrogen-bond acceptors (Lipinski definition) is 10. The number of sulfonamides is 1. The molecule has 2 aromatic carbocycles. The van der Waals surface area contributed by atoms with Gasteiger partial charge in [0.2, 0.25) is 22.6 Å². The number of carbonyl (C=O) groups excluding carboxylic acids is 1. The molecule has 2 aromatic rings. The fourth-order valence-corrected chi connectivity index (χ4v) is 7.60. The molecule has 0 spiro atoms. The fourth-order valence-electron chi connectivity index (χ4n) is 5.76. The van der Waals surface area contributed by atoms with Crippen molar-refractivity contribution in [2.75, 3.05) is 54.8 Å². The number of benzene rings is 2. The highest BCUT2D eigenvalue weighted by atomic mass is 32.2. The number of carbonyl (C=O) groups is 1. The second kappa shape index (κ2) is 9.83. The lowest BCUT2D eigenvalue weighted by Crippen LogP contribution is -2.38. The van der Waals surface area contributed by atoms with Crippen molar-refractivity contribution < 1.29 is 41.6 Å². The number of ether oxygens (including phenoxy) is 6. The van der Waals surface area contributed by atoms with E-state index in [1.807, 2.05) is 11.9 Å². The third kappa shape index (κ3) is 3.69. The van der Waals surface area contributed by atoms with E-state index >= 15 is 0 Å². The molecule has 0 saturated heterocycles. The van der Waals surface area contributed by atoms with Gasteiger partial charge < -0.3 is 28.4 Å². The van der Waals surface area contributed by atoms with Gasteiger partial charge in [-0.2, -0.15) is 4.31 Å². The molecule has 0 amide bonds. The molecular formula is C26H32N2O9S. The molecule has 0 unspecified atom stereocenters. The molecule has 12 heteroatoms. The van der Waals surface area contributed by atoms with Crippen LogP contribution in [-0.2, 0) is 21.2 Å². The van der Waals surface area contributed by atoms with E-state index in [4.69, 9.17) is 28.4 Å². The molecule has 0 saturated carbocycles. The summed E-state index contributed by atoms with van der Waals surface area (Å²) in [5, 5.41) is 0. The predicted octanol–water partition coefficient (Wildman–Crippen LogP) is 2.91. The first-order chi connectivity index (χ1) is 18.2. The molecule has 0 aromatic heterocycles. The molecule has 38 heavy (non-hydrogen) atoms. The van der Waals surface area contributed by atoms with Gasteiger partial charge in [-0.15, -0.1) is 0 Å². The van der Waals surface area contributed by atoms with Crippen molar-refractivity contribution >= 4 is 16.0 Å². The van der Waals surface area contributed by atoms with Crippen LogP contribution in [0.15, 0.2) is 17.0 Å². The van der Waals surface area contributed by atoms with Gasteiger partial charge in [0.15, 0.2) is 23.0 Å². The maximum absolute atomic E-state index is 14.0. The van der Waals surface area contributed by atoms with Gasteiger partial charge in [0.05, 0.1) is 27.4 Å². The zero-order valence-electron chi connectivity index (χ0n) is 22.3. The van der Waals surface area contributed by atoms with E-state index in [0.29, 0.717) is 60.0 Å². The zero-order chi connectivity index (χ0) is 27.4. The topological polar surface area (TPSA) is 113 Å². The number of cyclic esters (lactones) is 1. The average molecular weight is 549 g/mol. The van der Waals surface area contributed by atoms with Crippen LogP contribution >= 0.6 is 0 Å². The van der Waals surface area contributed by atoms with Crippen molar-refractivity contribution in [2.24, 2.45) is 0 Å². The monoisotopic (exact) mass is 548 g/mol. The van der Waals surface area contributed by atoms with Crippen LogP contribution in [0, 0.1) is 0 Å². The van der Waals surface area contributed by atoms with Gasteiger partial charge in [-0.3, -0.25) is 4.90 Å². The average Bonchev–Trinajstić information content (AvgIpc) is 3.51. The molecule has 3 aliphatic heterocycles. The number of likely N-dealkylation sites (N-methyl/N-ethyl adjacent to an activating group) is 1. The van der Waals surface area contributed by atoms with Crippen LogP contribution < -0.4 is 23.7 Å². The third-order valence-electron chi connectivity index (χ3n) is 7.47. The lowest BCUT2D eigenvalue weighted by Gasteiger charge is -2.39. The highest BCUT2D eigenvalue weighted by molar-refractivity contribution is 7.89. The fraction of sp³-hybridized carbons (Fsp3) is 0.500. The van der Waals surface area contributed by atoms with E-state index < -0.39 is 28.1 Å². The third-order valence-corrected chi connectivity index (χ3v) is 9.61. The summed E-state index contributed by atoms with van der Waals surface area (Å²) in [5.41, 5.74) is 2.07. The summed E-state index contributed by atoms with van der Waals surface area (Å²) in [7, 11) is 2.44. The second-order valence-corrected chi connectivity index (χ2v) is 11.1. The molecule has 206 valence electrons. The highest BCUT2D eigenvalue weighted by Gasteiger charge is 2.49. The van der Waals surface area contributed by atoms with Gasteiger partial charge in [0.25, 0.3) is 0 Å². The van der Waals surface area contributed by atoms with Crippen molar-refractivity contribution in [3.05, 3.63) is 34.4 Å². The standard InChI is InChI=1S/C26H32N2O9S/c1-7-28(8-2)38(30,31)25-15-11-12-27(3)19(17(15)22(34-6)23-24(25)36-13-35-23)20-14-9-10-16(32-4)21(33-5)18(14)26(29)37-20/h9-10,19-20H,7-8,11-13H2,1-6H3/t19-,20+/m1/s1. The van der Waals surface area contributed by atoms with Crippen LogP contribution in [0.25, 0.3) is 0 Å². The van der Waals surface area contributed by atoms with Crippen LogP contribution in [0.5, 0.6) is 28.7 Å². The molecular weight excluding hydrogens is 516 g/mol. The first-order valence-electron chi connectivity index (χ1n) is 12.4. The van der Waals surface area contributed by atoms with E-state index in [9.17, 15) is 13.2 Å². The van der Waals surface area contributed by atoms with Crippen molar-refractivity contribution in [2.45, 2.75) is 37.3 Å². The van der Waals surface area contributed by atoms with E-state index in [1.165, 1.54) is 25.6 Å². The minimum atomic E-state index is -3.94. The SMILES string of the molecule is CCN(CC)S(=O)(=O)c1c2c(c(OC)c3c1OCO3)[C@H]([C@H]1OC(=O)c3c1ccc(OC)c3OC)N(C)CC2. The van der Waals surface area contributed by atoms with Gasteiger partial charge in [-0.25, -0.2) is 13.2 Å². The molecule has 0 aliphatic carbocycles. The Kier molecular flexibility index (Phi) is 6.82. The van der Waals surface area contributed by atoms with Crippen molar-refractivity contribution in [1.29, 1.82) is 0 Å². The predicted molar refractivity (Wildman–Crippen MR) is 136 cm³/mol. The van der Waals surface area contributed by atoms with E-state index in [0.717, 1.165) is 0 Å². The number of hydrogen-bond donors (Lipinski definition) is 0. The Bertz CT molecular complexity index is 1390. The van der Waals surface area contributed by atoms with Crippen molar-refractivity contribution in [3.8, 4) is 28.7 Å². The van der Waals surface area contributed by atoms with Crippen LogP contribution in [0.2, 0.25) is 0 Å². The lowest BCUT2D eigenvalue weighted by atomic mass is 9.85. The smallest absolute Gasteiger partial charge is 0.343 e. The Hall–Kier alpha value is -3.22.